The van der Waals surface area contributed by atoms with Crippen LogP contribution in [-0.2, 0) is 7.05 Å². The molecule has 2 atom stereocenters. The Morgan fingerprint density at radius 3 is 2.22 bits per heavy atom. The molecule has 32 heavy (non-hydrogen) atoms. The van der Waals surface area contributed by atoms with Gasteiger partial charge in [0.2, 0.25) is 5.69 Å². The van der Waals surface area contributed by atoms with Crippen LogP contribution in [0.4, 0.5) is 0 Å². The van der Waals surface area contributed by atoms with E-state index in [1.165, 1.54) is 78.5 Å². The molecule has 0 N–H and O–H groups in total. The van der Waals surface area contributed by atoms with Crippen molar-refractivity contribution in [3.63, 3.8) is 0 Å². The van der Waals surface area contributed by atoms with Gasteiger partial charge in [0.05, 0.1) is 0 Å². The Hall–Kier alpha value is -2.41. The van der Waals surface area contributed by atoms with Crippen LogP contribution in [0, 0.1) is 18.8 Å². The highest BCUT2D eigenvalue weighted by Gasteiger charge is 2.27. The number of pyridine rings is 1. The van der Waals surface area contributed by atoms with Crippen molar-refractivity contribution in [1.29, 1.82) is 0 Å². The van der Waals surface area contributed by atoms with Crippen molar-refractivity contribution in [3.8, 4) is 22.4 Å². The van der Waals surface area contributed by atoms with Gasteiger partial charge >= 0.3 is 0 Å². The zero-order chi connectivity index (χ0) is 22.8. The van der Waals surface area contributed by atoms with Gasteiger partial charge in [0, 0.05) is 18.6 Å². The highest BCUT2D eigenvalue weighted by atomic mass is 14.9. The highest BCUT2D eigenvalue weighted by molar-refractivity contribution is 5.66. The molecule has 2 unspecified atom stereocenters. The van der Waals surface area contributed by atoms with E-state index in [4.69, 9.17) is 0 Å². The van der Waals surface area contributed by atoms with E-state index in [-0.39, 0.29) is 0 Å². The maximum Gasteiger partial charge on any atom is 0.212 e. The molecule has 3 saturated carbocycles. The summed E-state index contributed by atoms with van der Waals surface area (Å²) in [7, 11) is 2.14. The topological polar surface area (TPSA) is 3.88 Å². The number of hydrogen-bond donors (Lipinski definition) is 0. The summed E-state index contributed by atoms with van der Waals surface area (Å²) in [6, 6.07) is 22.0. The third-order valence-corrected chi connectivity index (χ3v) is 7.93. The standard InChI is InChI=1S/C31H38N/c1-23-9-3-6-16-30(23)31-18-17-28(22-32(31)2)26-14-8-15-27(21-26)29-19-24-10-4-5-11-25(20-29)13-7-12-24/h3,6,8-9,14-18,21-22,24-25,29H,4-5,7,10-13,19-20H2,1-2H3/q+1/i29D. The average molecular weight is 426 g/mol. The van der Waals surface area contributed by atoms with Crippen LogP contribution >= 0.6 is 0 Å². The van der Waals surface area contributed by atoms with Crippen molar-refractivity contribution in [2.24, 2.45) is 18.9 Å². The first-order valence-electron chi connectivity index (χ1n) is 13.2. The Morgan fingerprint density at radius 1 is 0.781 bits per heavy atom. The van der Waals surface area contributed by atoms with Crippen molar-refractivity contribution in [3.05, 3.63) is 78.0 Å². The van der Waals surface area contributed by atoms with Crippen LogP contribution in [0.15, 0.2) is 66.9 Å². The molecule has 166 valence electrons. The van der Waals surface area contributed by atoms with E-state index in [9.17, 15) is 1.37 Å². The average Bonchev–Trinajstić information content (AvgIpc) is 2.96. The second kappa shape index (κ2) is 9.61. The second-order valence-electron chi connectivity index (χ2n) is 10.3. The monoisotopic (exact) mass is 425 g/mol. The number of fused-ring (bicyclic) bond motifs is 7. The van der Waals surface area contributed by atoms with Gasteiger partial charge in [-0.1, -0.05) is 87.4 Å². The Morgan fingerprint density at radius 2 is 1.50 bits per heavy atom. The lowest BCUT2D eigenvalue weighted by molar-refractivity contribution is -0.659. The van der Waals surface area contributed by atoms with Crippen LogP contribution in [0.1, 0.15) is 76.2 Å². The fourth-order valence-corrected chi connectivity index (χ4v) is 6.11. The minimum absolute atomic E-state index is 0.445. The molecule has 2 aromatic carbocycles. The first-order valence-corrected chi connectivity index (χ1v) is 12.7. The maximum atomic E-state index is 9.66. The molecule has 0 spiro atoms. The summed E-state index contributed by atoms with van der Waals surface area (Å²) in [4.78, 5) is 0. The zero-order valence-corrected chi connectivity index (χ0v) is 19.8. The van der Waals surface area contributed by atoms with E-state index in [1.54, 1.807) is 0 Å². The van der Waals surface area contributed by atoms with Crippen molar-refractivity contribution < 1.29 is 5.94 Å². The first-order chi connectivity index (χ1) is 16.0. The van der Waals surface area contributed by atoms with Gasteiger partial charge < -0.3 is 0 Å². The van der Waals surface area contributed by atoms with Gasteiger partial charge in [-0.25, -0.2) is 4.57 Å². The SMILES string of the molecule is [2H]C1(c2cccc(-c3ccc(-c4ccccc4C)[n+](C)c3)c2)CC2CCCCC(CCC2)C1. The van der Waals surface area contributed by atoms with Crippen LogP contribution in [0.5, 0.6) is 0 Å². The molecule has 1 aromatic heterocycles. The van der Waals surface area contributed by atoms with Gasteiger partial charge in [-0.3, -0.25) is 0 Å². The fourth-order valence-electron chi connectivity index (χ4n) is 6.11. The van der Waals surface area contributed by atoms with E-state index in [0.717, 1.165) is 24.7 Å². The number of nitrogens with zero attached hydrogens (tertiary/aromatic N) is 1. The van der Waals surface area contributed by atoms with E-state index >= 15 is 0 Å². The van der Waals surface area contributed by atoms with Crippen molar-refractivity contribution in [2.45, 2.75) is 70.6 Å². The zero-order valence-electron chi connectivity index (χ0n) is 20.8. The van der Waals surface area contributed by atoms with Crippen molar-refractivity contribution in [1.82, 2.24) is 0 Å². The molecule has 3 aliphatic rings. The lowest BCUT2D eigenvalue weighted by Gasteiger charge is -2.29. The highest BCUT2D eigenvalue weighted by Crippen LogP contribution is 2.42. The number of benzene rings is 2. The molecule has 0 saturated heterocycles. The normalized spacial score (nSPS) is 26.5. The molecule has 2 bridgehead atoms. The van der Waals surface area contributed by atoms with Crippen LogP contribution < -0.4 is 4.57 Å². The van der Waals surface area contributed by atoms with Crippen LogP contribution in [0.25, 0.3) is 22.4 Å². The third-order valence-electron chi connectivity index (χ3n) is 7.93. The molecular weight excluding hydrogens is 386 g/mol. The summed E-state index contributed by atoms with van der Waals surface area (Å²) < 4.78 is 11.9. The van der Waals surface area contributed by atoms with Gasteiger partial charge in [-0.15, -0.1) is 0 Å². The smallest absolute Gasteiger partial charge is 0.200 e. The molecule has 0 radical (unpaired) electrons. The van der Waals surface area contributed by atoms with Gasteiger partial charge in [0.25, 0.3) is 0 Å². The van der Waals surface area contributed by atoms with Crippen LogP contribution in [-0.4, -0.2) is 0 Å². The largest absolute Gasteiger partial charge is 0.212 e. The lowest BCUT2D eigenvalue weighted by Crippen LogP contribution is -2.30. The van der Waals surface area contributed by atoms with Gasteiger partial charge in [0.1, 0.15) is 7.05 Å². The summed E-state index contributed by atoms with van der Waals surface area (Å²) in [5.41, 5.74) is 7.49. The van der Waals surface area contributed by atoms with Gasteiger partial charge in [0.15, 0.2) is 6.20 Å². The van der Waals surface area contributed by atoms with E-state index in [1.807, 2.05) is 0 Å². The van der Waals surface area contributed by atoms with Crippen molar-refractivity contribution in [2.75, 3.05) is 0 Å². The first kappa shape index (κ1) is 20.2. The molecule has 3 fully saturated rings. The number of aryl methyl sites for hydroxylation is 2. The molecule has 1 nitrogen and oxygen atoms in total. The summed E-state index contributed by atoms with van der Waals surface area (Å²) in [5.74, 6) is 0.993. The van der Waals surface area contributed by atoms with Crippen LogP contribution in [0.2, 0.25) is 0 Å². The maximum absolute atomic E-state index is 9.66. The predicted octanol–water partition coefficient (Wildman–Crippen LogP) is 8.01. The minimum atomic E-state index is -0.445. The fraction of sp³-hybridized carbons (Fsp3) is 0.452. The number of aromatic nitrogens is 1. The Bertz CT molecular complexity index is 1100. The summed E-state index contributed by atoms with van der Waals surface area (Å²) in [5, 5.41) is 0. The molecule has 3 aliphatic carbocycles. The molecule has 0 amide bonds. The summed E-state index contributed by atoms with van der Waals surface area (Å²) in [6.45, 7) is 2.17. The molecule has 1 heterocycles. The Labute approximate surface area is 195 Å². The molecular formula is C31H38N+. The molecule has 1 heteroatoms. The van der Waals surface area contributed by atoms with Gasteiger partial charge in [-0.2, -0.15) is 0 Å². The van der Waals surface area contributed by atoms with E-state index in [0.29, 0.717) is 0 Å². The lowest BCUT2D eigenvalue weighted by atomic mass is 9.76. The van der Waals surface area contributed by atoms with E-state index < -0.39 is 5.89 Å². The Balaban J connectivity index is 1.48. The quantitative estimate of drug-likeness (QED) is 0.374. The number of hydrogen-bond acceptors (Lipinski definition) is 0. The van der Waals surface area contributed by atoms with Gasteiger partial charge in [-0.05, 0) is 66.3 Å². The molecule has 0 aliphatic heterocycles. The number of rotatable bonds is 3. The Kier molecular flexibility index (Phi) is 6.07. The summed E-state index contributed by atoms with van der Waals surface area (Å²) >= 11 is 0. The second-order valence-corrected chi connectivity index (χ2v) is 10.3. The minimum Gasteiger partial charge on any atom is -0.200 e. The predicted molar refractivity (Wildman–Crippen MR) is 135 cm³/mol. The van der Waals surface area contributed by atoms with Crippen molar-refractivity contribution >= 4 is 0 Å². The van der Waals surface area contributed by atoms with E-state index in [2.05, 4.69) is 85.4 Å². The summed E-state index contributed by atoms with van der Waals surface area (Å²) in [6.07, 6.45) is 13.7. The molecule has 3 aromatic rings. The third kappa shape index (κ3) is 4.68. The van der Waals surface area contributed by atoms with Crippen LogP contribution in [0.3, 0.4) is 0 Å². The molecule has 6 rings (SSSR count).